The maximum absolute atomic E-state index is 12.0. The van der Waals surface area contributed by atoms with Crippen LogP contribution in [0, 0.1) is 0 Å². The maximum atomic E-state index is 12.0. The number of hydrazone groups is 1. The van der Waals surface area contributed by atoms with Crippen LogP contribution in [-0.2, 0) is 12.0 Å². The second-order valence-corrected chi connectivity index (χ2v) is 8.08. The number of nitrogens with one attached hydrogen (secondary N) is 1. The van der Waals surface area contributed by atoms with E-state index in [1.54, 1.807) is 43.9 Å². The molecule has 0 unspecified atom stereocenters. The van der Waals surface area contributed by atoms with Gasteiger partial charge in [-0.1, -0.05) is 45.0 Å². The summed E-state index contributed by atoms with van der Waals surface area (Å²) in [6.45, 7) is 7.02. The van der Waals surface area contributed by atoms with Crippen molar-refractivity contribution < 1.29 is 14.3 Å². The van der Waals surface area contributed by atoms with Gasteiger partial charge in [-0.2, -0.15) is 5.10 Å². The summed E-state index contributed by atoms with van der Waals surface area (Å²) in [6, 6.07) is 17.2. The molecule has 1 amide bonds. The topological polar surface area (TPSA) is 72.8 Å². The monoisotopic (exact) mass is 417 g/mol. The van der Waals surface area contributed by atoms with Crippen LogP contribution in [0.2, 0.25) is 0 Å². The molecule has 0 bridgehead atoms. The van der Waals surface area contributed by atoms with Gasteiger partial charge in [-0.25, -0.2) is 5.43 Å². The highest BCUT2D eigenvalue weighted by molar-refractivity contribution is 5.94. The summed E-state index contributed by atoms with van der Waals surface area (Å²) in [4.78, 5) is 15.9. The molecule has 0 aliphatic carbocycles. The molecule has 0 aliphatic rings. The fourth-order valence-corrected chi connectivity index (χ4v) is 2.88. The van der Waals surface area contributed by atoms with Gasteiger partial charge >= 0.3 is 0 Å². The Labute approximate surface area is 182 Å². The molecule has 1 N–H and O–H groups in total. The van der Waals surface area contributed by atoms with Gasteiger partial charge in [-0.05, 0) is 52.4 Å². The standard InChI is InChI=1S/C25H27N3O3/c1-25(2,3)21-8-5-18(6-9-21)17-31-22-10-7-19(15-23(22)30-4)16-27-28-24(29)20-11-13-26-14-12-20/h5-16H,17H2,1-4H3,(H,28,29)/b27-16-. The second kappa shape index (κ2) is 9.89. The number of methoxy groups -OCH3 is 1. The van der Waals surface area contributed by atoms with Crippen molar-refractivity contribution in [3.8, 4) is 11.5 Å². The first kappa shape index (κ1) is 22.0. The van der Waals surface area contributed by atoms with Crippen LogP contribution in [0.1, 0.15) is 47.8 Å². The maximum Gasteiger partial charge on any atom is 0.271 e. The van der Waals surface area contributed by atoms with Gasteiger partial charge in [0.1, 0.15) is 6.61 Å². The largest absolute Gasteiger partial charge is 0.493 e. The molecule has 0 saturated carbocycles. The third-order valence-corrected chi connectivity index (χ3v) is 4.72. The minimum atomic E-state index is -0.303. The number of nitrogens with zero attached hydrogens (tertiary/aromatic N) is 2. The van der Waals surface area contributed by atoms with Crippen molar-refractivity contribution >= 4 is 12.1 Å². The fraction of sp³-hybridized carbons (Fsp3) is 0.240. The van der Waals surface area contributed by atoms with Gasteiger partial charge in [0, 0.05) is 18.0 Å². The fourth-order valence-electron chi connectivity index (χ4n) is 2.88. The van der Waals surface area contributed by atoms with Crippen LogP contribution in [0.15, 0.2) is 72.1 Å². The molecule has 0 spiro atoms. The normalized spacial score (nSPS) is 11.4. The highest BCUT2D eigenvalue weighted by atomic mass is 16.5. The molecule has 0 saturated heterocycles. The Bertz CT molecular complexity index is 1040. The van der Waals surface area contributed by atoms with E-state index in [0.29, 0.717) is 23.7 Å². The summed E-state index contributed by atoms with van der Waals surface area (Å²) in [7, 11) is 1.59. The molecule has 0 fully saturated rings. The summed E-state index contributed by atoms with van der Waals surface area (Å²) in [5, 5.41) is 4.00. The van der Waals surface area contributed by atoms with Crippen molar-refractivity contribution in [1.82, 2.24) is 10.4 Å². The predicted octanol–water partition coefficient (Wildman–Crippen LogP) is 4.73. The molecular formula is C25H27N3O3. The van der Waals surface area contributed by atoms with Crippen molar-refractivity contribution in [2.24, 2.45) is 5.10 Å². The lowest BCUT2D eigenvalue weighted by atomic mass is 9.87. The highest BCUT2D eigenvalue weighted by Gasteiger charge is 2.13. The summed E-state index contributed by atoms with van der Waals surface area (Å²) in [6.07, 6.45) is 4.67. The van der Waals surface area contributed by atoms with Gasteiger partial charge in [-0.3, -0.25) is 9.78 Å². The zero-order valence-corrected chi connectivity index (χ0v) is 18.3. The van der Waals surface area contributed by atoms with Crippen LogP contribution in [0.5, 0.6) is 11.5 Å². The Balaban J connectivity index is 1.61. The number of carbonyl (C=O) groups excluding carboxylic acids is 1. The van der Waals surface area contributed by atoms with Crippen LogP contribution >= 0.6 is 0 Å². The van der Waals surface area contributed by atoms with Crippen molar-refractivity contribution in [3.05, 3.63) is 89.2 Å². The second-order valence-electron chi connectivity index (χ2n) is 8.08. The number of benzene rings is 2. The molecule has 2 aromatic carbocycles. The summed E-state index contributed by atoms with van der Waals surface area (Å²) >= 11 is 0. The number of aromatic nitrogens is 1. The lowest BCUT2D eigenvalue weighted by Gasteiger charge is -2.19. The van der Waals surface area contributed by atoms with Crippen molar-refractivity contribution in [2.45, 2.75) is 32.8 Å². The first-order valence-electron chi connectivity index (χ1n) is 10.0. The lowest BCUT2D eigenvalue weighted by Crippen LogP contribution is -2.17. The zero-order valence-electron chi connectivity index (χ0n) is 18.3. The van der Waals surface area contributed by atoms with E-state index in [9.17, 15) is 4.79 Å². The van der Waals surface area contributed by atoms with Gasteiger partial charge in [0.05, 0.1) is 13.3 Å². The van der Waals surface area contributed by atoms with Crippen LogP contribution in [0.3, 0.4) is 0 Å². The number of hydrogen-bond donors (Lipinski definition) is 1. The highest BCUT2D eigenvalue weighted by Crippen LogP contribution is 2.29. The summed E-state index contributed by atoms with van der Waals surface area (Å²) in [5.41, 5.74) is 6.24. The van der Waals surface area contributed by atoms with Gasteiger partial charge in [0.15, 0.2) is 11.5 Å². The Morgan fingerprint density at radius 2 is 1.74 bits per heavy atom. The molecule has 1 heterocycles. The Kier molecular flexibility index (Phi) is 7.03. The van der Waals surface area contributed by atoms with Crippen molar-refractivity contribution in [3.63, 3.8) is 0 Å². The van der Waals surface area contributed by atoms with Crippen molar-refractivity contribution in [2.75, 3.05) is 7.11 Å². The first-order valence-corrected chi connectivity index (χ1v) is 10.0. The molecule has 0 atom stereocenters. The smallest absolute Gasteiger partial charge is 0.271 e. The van der Waals surface area contributed by atoms with Gasteiger partial charge < -0.3 is 9.47 Å². The van der Waals surface area contributed by atoms with Gasteiger partial charge in [0.25, 0.3) is 5.91 Å². The van der Waals surface area contributed by atoms with E-state index >= 15 is 0 Å². The minimum absolute atomic E-state index is 0.123. The molecule has 160 valence electrons. The number of carbonyl (C=O) groups is 1. The number of hydrogen-bond acceptors (Lipinski definition) is 5. The molecule has 6 heteroatoms. The predicted molar refractivity (Wildman–Crippen MR) is 122 cm³/mol. The van der Waals surface area contributed by atoms with E-state index in [0.717, 1.165) is 11.1 Å². The SMILES string of the molecule is COc1cc(/C=N\NC(=O)c2ccncc2)ccc1OCc1ccc(C(C)(C)C)cc1. The molecule has 0 aliphatic heterocycles. The van der Waals surface area contributed by atoms with Crippen LogP contribution in [0.4, 0.5) is 0 Å². The third-order valence-electron chi connectivity index (χ3n) is 4.72. The van der Waals surface area contributed by atoms with E-state index in [1.807, 2.05) is 12.1 Å². The number of pyridine rings is 1. The third kappa shape index (κ3) is 6.15. The van der Waals surface area contributed by atoms with Crippen LogP contribution < -0.4 is 14.9 Å². The number of ether oxygens (including phenoxy) is 2. The lowest BCUT2D eigenvalue weighted by molar-refractivity contribution is 0.0955. The Morgan fingerprint density at radius 1 is 1.03 bits per heavy atom. The molecular weight excluding hydrogens is 390 g/mol. The van der Waals surface area contributed by atoms with Crippen molar-refractivity contribution in [1.29, 1.82) is 0 Å². The van der Waals surface area contributed by atoms with E-state index in [-0.39, 0.29) is 11.3 Å². The average Bonchev–Trinajstić information content (AvgIpc) is 2.78. The quantitative estimate of drug-likeness (QED) is 0.446. The van der Waals surface area contributed by atoms with Gasteiger partial charge in [-0.15, -0.1) is 0 Å². The van der Waals surface area contributed by atoms with E-state index in [1.165, 1.54) is 5.56 Å². The van der Waals surface area contributed by atoms with E-state index in [2.05, 4.69) is 60.5 Å². The van der Waals surface area contributed by atoms with Gasteiger partial charge in [0.2, 0.25) is 0 Å². The first-order chi connectivity index (χ1) is 14.9. The molecule has 0 radical (unpaired) electrons. The molecule has 3 aromatic rings. The van der Waals surface area contributed by atoms with Crippen LogP contribution in [-0.4, -0.2) is 24.2 Å². The Morgan fingerprint density at radius 3 is 2.39 bits per heavy atom. The number of amides is 1. The molecule has 3 rings (SSSR count). The number of rotatable bonds is 7. The molecule has 6 nitrogen and oxygen atoms in total. The Hall–Kier alpha value is -3.67. The van der Waals surface area contributed by atoms with Crippen LogP contribution in [0.25, 0.3) is 0 Å². The minimum Gasteiger partial charge on any atom is -0.493 e. The van der Waals surface area contributed by atoms with E-state index < -0.39 is 0 Å². The summed E-state index contributed by atoms with van der Waals surface area (Å²) < 4.78 is 11.4. The summed E-state index contributed by atoms with van der Waals surface area (Å²) in [5.74, 6) is 0.930. The molecule has 31 heavy (non-hydrogen) atoms. The zero-order chi connectivity index (χ0) is 22.3. The van der Waals surface area contributed by atoms with E-state index in [4.69, 9.17) is 9.47 Å². The average molecular weight is 418 g/mol. The molecule has 1 aromatic heterocycles.